The van der Waals surface area contributed by atoms with Crippen LogP contribution >= 0.6 is 0 Å². The van der Waals surface area contributed by atoms with Gasteiger partial charge in [0.2, 0.25) is 0 Å². The van der Waals surface area contributed by atoms with E-state index in [1.165, 1.54) is 11.1 Å². The van der Waals surface area contributed by atoms with E-state index in [1.807, 2.05) is 29.8 Å². The number of benzene rings is 1. The third-order valence-electron chi connectivity index (χ3n) is 3.09. The second kappa shape index (κ2) is 4.26. The van der Waals surface area contributed by atoms with E-state index in [0.717, 1.165) is 23.5 Å². The smallest absolute Gasteiger partial charge is 0.158 e. The van der Waals surface area contributed by atoms with Crippen LogP contribution in [-0.4, -0.2) is 14.6 Å². The van der Waals surface area contributed by atoms with Gasteiger partial charge in [0, 0.05) is 23.4 Å². The Balaban J connectivity index is 2.08. The van der Waals surface area contributed by atoms with Crippen molar-refractivity contribution in [3.63, 3.8) is 0 Å². The summed E-state index contributed by atoms with van der Waals surface area (Å²) in [6.07, 6.45) is 2.79. The molecule has 0 atom stereocenters. The zero-order valence-electron chi connectivity index (χ0n) is 10.6. The molecule has 0 fully saturated rings. The summed E-state index contributed by atoms with van der Waals surface area (Å²) in [5.74, 6) is 0. The zero-order chi connectivity index (χ0) is 12.5. The lowest BCUT2D eigenvalue weighted by atomic mass is 10.1. The Labute approximate surface area is 106 Å². The molecular weight excluding hydrogens is 222 g/mol. The van der Waals surface area contributed by atoms with E-state index in [9.17, 15) is 0 Å². The van der Waals surface area contributed by atoms with Crippen LogP contribution in [0.5, 0.6) is 0 Å². The lowest BCUT2D eigenvalue weighted by Gasteiger charge is -2.02. The van der Waals surface area contributed by atoms with Gasteiger partial charge in [0.15, 0.2) is 5.65 Å². The standard InChI is InChI=1S/C15H15N3/c1-11-8-12(2)18-15(17-11)14(10-16-18)9-13-6-4-3-5-7-13/h3-8,10H,9H2,1-2H3. The van der Waals surface area contributed by atoms with Crippen LogP contribution in [0.4, 0.5) is 0 Å². The van der Waals surface area contributed by atoms with Crippen molar-refractivity contribution in [1.82, 2.24) is 14.6 Å². The van der Waals surface area contributed by atoms with Crippen molar-refractivity contribution in [2.45, 2.75) is 20.3 Å². The minimum Gasteiger partial charge on any atom is -0.234 e. The predicted molar refractivity (Wildman–Crippen MR) is 71.7 cm³/mol. The van der Waals surface area contributed by atoms with E-state index < -0.39 is 0 Å². The van der Waals surface area contributed by atoms with Gasteiger partial charge in [-0.05, 0) is 25.5 Å². The molecule has 18 heavy (non-hydrogen) atoms. The number of fused-ring (bicyclic) bond motifs is 1. The summed E-state index contributed by atoms with van der Waals surface area (Å²) in [5.41, 5.74) is 5.59. The lowest BCUT2D eigenvalue weighted by molar-refractivity contribution is 0.885. The highest BCUT2D eigenvalue weighted by molar-refractivity contribution is 5.49. The average Bonchev–Trinajstić information content (AvgIpc) is 2.74. The van der Waals surface area contributed by atoms with Crippen LogP contribution in [0.1, 0.15) is 22.5 Å². The fourth-order valence-corrected chi connectivity index (χ4v) is 2.26. The molecule has 0 aliphatic carbocycles. The van der Waals surface area contributed by atoms with Crippen molar-refractivity contribution >= 4 is 5.65 Å². The molecule has 0 bridgehead atoms. The van der Waals surface area contributed by atoms with Gasteiger partial charge >= 0.3 is 0 Å². The van der Waals surface area contributed by atoms with Crippen LogP contribution in [0, 0.1) is 13.8 Å². The molecule has 0 saturated carbocycles. The molecule has 2 aromatic heterocycles. The summed E-state index contributed by atoms with van der Waals surface area (Å²) in [7, 11) is 0. The normalized spacial score (nSPS) is 11.0. The first-order valence-corrected chi connectivity index (χ1v) is 6.09. The molecule has 90 valence electrons. The SMILES string of the molecule is Cc1cc(C)n2ncc(Cc3ccccc3)c2n1. The topological polar surface area (TPSA) is 30.2 Å². The van der Waals surface area contributed by atoms with Crippen LogP contribution in [0.25, 0.3) is 5.65 Å². The number of nitrogens with zero attached hydrogens (tertiary/aromatic N) is 3. The van der Waals surface area contributed by atoms with Crippen LogP contribution in [0.15, 0.2) is 42.6 Å². The third-order valence-corrected chi connectivity index (χ3v) is 3.09. The molecule has 3 aromatic rings. The number of aryl methyl sites for hydroxylation is 2. The maximum Gasteiger partial charge on any atom is 0.158 e. The first kappa shape index (κ1) is 11.0. The maximum atomic E-state index is 4.59. The van der Waals surface area contributed by atoms with Gasteiger partial charge in [-0.2, -0.15) is 5.10 Å². The first-order chi connectivity index (χ1) is 8.74. The van der Waals surface area contributed by atoms with E-state index >= 15 is 0 Å². The summed E-state index contributed by atoms with van der Waals surface area (Å²) >= 11 is 0. The average molecular weight is 237 g/mol. The molecule has 1 aromatic carbocycles. The number of rotatable bonds is 2. The fourth-order valence-electron chi connectivity index (χ4n) is 2.26. The second-order valence-corrected chi connectivity index (χ2v) is 4.61. The summed E-state index contributed by atoms with van der Waals surface area (Å²) < 4.78 is 1.91. The molecule has 0 amide bonds. The van der Waals surface area contributed by atoms with Crippen molar-refractivity contribution < 1.29 is 0 Å². The summed E-state index contributed by atoms with van der Waals surface area (Å²) in [4.78, 5) is 4.59. The number of aromatic nitrogens is 3. The largest absolute Gasteiger partial charge is 0.234 e. The molecule has 0 N–H and O–H groups in total. The highest BCUT2D eigenvalue weighted by Crippen LogP contribution is 2.15. The predicted octanol–water partition coefficient (Wildman–Crippen LogP) is 2.94. The van der Waals surface area contributed by atoms with Crippen LogP contribution < -0.4 is 0 Å². The molecule has 0 unspecified atom stereocenters. The molecule has 0 spiro atoms. The van der Waals surface area contributed by atoms with E-state index in [1.54, 1.807) is 0 Å². The van der Waals surface area contributed by atoms with E-state index in [4.69, 9.17) is 0 Å². The van der Waals surface area contributed by atoms with Gasteiger partial charge in [-0.3, -0.25) is 0 Å². The Morgan fingerprint density at radius 1 is 1.11 bits per heavy atom. The Bertz CT molecular complexity index is 684. The van der Waals surface area contributed by atoms with Crippen LogP contribution in [-0.2, 0) is 6.42 Å². The highest BCUT2D eigenvalue weighted by Gasteiger charge is 2.08. The van der Waals surface area contributed by atoms with Gasteiger partial charge in [0.1, 0.15) is 0 Å². The van der Waals surface area contributed by atoms with Crippen LogP contribution in [0.2, 0.25) is 0 Å². The van der Waals surface area contributed by atoms with E-state index in [0.29, 0.717) is 0 Å². The molecule has 0 saturated heterocycles. The zero-order valence-corrected chi connectivity index (χ0v) is 10.6. The Morgan fingerprint density at radius 3 is 2.67 bits per heavy atom. The lowest BCUT2D eigenvalue weighted by Crippen LogP contribution is -1.98. The van der Waals surface area contributed by atoms with Gasteiger partial charge in [-0.1, -0.05) is 30.3 Å². The van der Waals surface area contributed by atoms with Gasteiger partial charge in [0.05, 0.1) is 6.20 Å². The minimum absolute atomic E-state index is 0.875. The van der Waals surface area contributed by atoms with Crippen LogP contribution in [0.3, 0.4) is 0 Å². The van der Waals surface area contributed by atoms with Gasteiger partial charge < -0.3 is 0 Å². The Morgan fingerprint density at radius 2 is 1.89 bits per heavy atom. The molecule has 3 heteroatoms. The fraction of sp³-hybridized carbons (Fsp3) is 0.200. The first-order valence-electron chi connectivity index (χ1n) is 6.09. The van der Waals surface area contributed by atoms with Crippen molar-refractivity contribution in [3.05, 3.63) is 65.1 Å². The van der Waals surface area contributed by atoms with Gasteiger partial charge in [-0.15, -0.1) is 0 Å². The van der Waals surface area contributed by atoms with Gasteiger partial charge in [-0.25, -0.2) is 9.50 Å². The van der Waals surface area contributed by atoms with Gasteiger partial charge in [0.25, 0.3) is 0 Å². The molecular formula is C15H15N3. The number of hydrogen-bond donors (Lipinski definition) is 0. The minimum atomic E-state index is 0.875. The number of hydrogen-bond acceptors (Lipinski definition) is 2. The Kier molecular flexibility index (Phi) is 2.59. The van der Waals surface area contributed by atoms with E-state index in [2.05, 4.69) is 41.3 Å². The maximum absolute atomic E-state index is 4.59. The molecule has 2 heterocycles. The molecule has 0 aliphatic heterocycles. The summed E-state index contributed by atoms with van der Waals surface area (Å²) in [5, 5.41) is 4.41. The molecule has 3 rings (SSSR count). The second-order valence-electron chi connectivity index (χ2n) is 4.61. The molecule has 0 aliphatic rings. The summed E-state index contributed by atoms with van der Waals surface area (Å²) in [6, 6.07) is 12.5. The monoisotopic (exact) mass is 237 g/mol. The molecule has 0 radical (unpaired) electrons. The third kappa shape index (κ3) is 1.88. The van der Waals surface area contributed by atoms with Crippen molar-refractivity contribution in [2.75, 3.05) is 0 Å². The van der Waals surface area contributed by atoms with Crippen molar-refractivity contribution in [2.24, 2.45) is 0 Å². The molecule has 3 nitrogen and oxygen atoms in total. The quantitative estimate of drug-likeness (QED) is 0.686. The summed E-state index contributed by atoms with van der Waals surface area (Å²) in [6.45, 7) is 4.08. The Hall–Kier alpha value is -2.16. The van der Waals surface area contributed by atoms with E-state index in [-0.39, 0.29) is 0 Å². The van der Waals surface area contributed by atoms with Crippen molar-refractivity contribution in [3.8, 4) is 0 Å². The highest BCUT2D eigenvalue weighted by atomic mass is 15.2. The van der Waals surface area contributed by atoms with Crippen molar-refractivity contribution in [1.29, 1.82) is 0 Å².